The Balaban J connectivity index is 2.00. The average molecular weight is 299 g/mol. The summed E-state index contributed by atoms with van der Waals surface area (Å²) in [5, 5.41) is 2.77. The molecule has 0 bridgehead atoms. The van der Waals surface area contributed by atoms with Crippen molar-refractivity contribution >= 4 is 17.6 Å². The second kappa shape index (κ2) is 7.26. The molecule has 2 rings (SSSR count). The van der Waals surface area contributed by atoms with E-state index in [1.54, 1.807) is 62.6 Å². The van der Waals surface area contributed by atoms with Crippen molar-refractivity contribution in [3.8, 4) is 11.5 Å². The Labute approximate surface area is 128 Å². The van der Waals surface area contributed by atoms with E-state index in [1.165, 1.54) is 0 Å². The van der Waals surface area contributed by atoms with E-state index >= 15 is 0 Å². The minimum atomic E-state index is -0.296. The van der Waals surface area contributed by atoms with Gasteiger partial charge in [0.05, 0.1) is 7.11 Å². The number of benzene rings is 2. The van der Waals surface area contributed by atoms with E-state index in [4.69, 9.17) is 9.47 Å². The van der Waals surface area contributed by atoms with Crippen LogP contribution in [0.2, 0.25) is 0 Å². The maximum atomic E-state index is 12.1. The second-order valence-corrected chi connectivity index (χ2v) is 4.53. The zero-order valence-electron chi connectivity index (χ0n) is 12.5. The van der Waals surface area contributed by atoms with Crippen molar-refractivity contribution in [1.82, 2.24) is 0 Å². The van der Waals surface area contributed by atoms with Crippen molar-refractivity contribution in [2.45, 2.75) is 13.3 Å². The molecule has 0 unspecified atom stereocenters. The summed E-state index contributed by atoms with van der Waals surface area (Å²) in [5.41, 5.74) is 1.15. The molecule has 0 atom stereocenters. The van der Waals surface area contributed by atoms with Crippen LogP contribution in [0.15, 0.2) is 48.5 Å². The molecule has 0 aliphatic rings. The zero-order chi connectivity index (χ0) is 15.9. The number of esters is 1. The smallest absolute Gasteiger partial charge is 0.310 e. The molecule has 0 saturated heterocycles. The van der Waals surface area contributed by atoms with Crippen LogP contribution in [-0.4, -0.2) is 19.0 Å². The van der Waals surface area contributed by atoms with Crippen LogP contribution in [0.3, 0.4) is 0 Å². The highest BCUT2D eigenvalue weighted by molar-refractivity contribution is 6.04. The third-order valence-electron chi connectivity index (χ3n) is 2.98. The number of rotatable bonds is 5. The van der Waals surface area contributed by atoms with Crippen molar-refractivity contribution in [3.05, 3.63) is 54.1 Å². The maximum Gasteiger partial charge on any atom is 0.310 e. The molecule has 2 aromatic carbocycles. The first kappa shape index (κ1) is 15.6. The third kappa shape index (κ3) is 4.09. The topological polar surface area (TPSA) is 64.6 Å². The lowest BCUT2D eigenvalue weighted by Gasteiger charge is -2.07. The number of hydrogen-bond acceptors (Lipinski definition) is 4. The van der Waals surface area contributed by atoms with Crippen molar-refractivity contribution < 1.29 is 19.1 Å². The van der Waals surface area contributed by atoms with E-state index in [9.17, 15) is 9.59 Å². The number of hydrogen-bond donors (Lipinski definition) is 1. The molecule has 2 aromatic rings. The van der Waals surface area contributed by atoms with Gasteiger partial charge in [-0.15, -0.1) is 0 Å². The van der Waals surface area contributed by atoms with Crippen LogP contribution < -0.4 is 14.8 Å². The summed E-state index contributed by atoms with van der Waals surface area (Å²) in [6, 6.07) is 13.5. The average Bonchev–Trinajstić information content (AvgIpc) is 2.56. The first-order valence-corrected chi connectivity index (χ1v) is 6.88. The molecular weight excluding hydrogens is 282 g/mol. The Morgan fingerprint density at radius 2 is 1.55 bits per heavy atom. The van der Waals surface area contributed by atoms with Gasteiger partial charge in [0.2, 0.25) is 0 Å². The Kier molecular flexibility index (Phi) is 5.14. The summed E-state index contributed by atoms with van der Waals surface area (Å²) in [7, 11) is 1.57. The van der Waals surface area contributed by atoms with Crippen LogP contribution in [-0.2, 0) is 4.79 Å². The van der Waals surface area contributed by atoms with E-state index < -0.39 is 0 Å². The molecule has 0 aliphatic heterocycles. The van der Waals surface area contributed by atoms with Gasteiger partial charge in [-0.1, -0.05) is 6.92 Å². The summed E-state index contributed by atoms with van der Waals surface area (Å²) in [6.07, 6.45) is 0.315. The van der Waals surface area contributed by atoms with Gasteiger partial charge >= 0.3 is 5.97 Å². The van der Waals surface area contributed by atoms with Gasteiger partial charge in [0, 0.05) is 17.7 Å². The quantitative estimate of drug-likeness (QED) is 0.680. The lowest BCUT2D eigenvalue weighted by atomic mass is 10.2. The molecule has 1 N–H and O–H groups in total. The highest BCUT2D eigenvalue weighted by atomic mass is 16.5. The number of anilines is 1. The first-order valence-electron chi connectivity index (χ1n) is 6.88. The standard InChI is InChI=1S/C17H17NO4/c1-3-16(19)22-15-10-6-13(7-11-15)18-17(20)12-4-8-14(21-2)9-5-12/h4-11H,3H2,1-2H3,(H,18,20). The van der Waals surface area contributed by atoms with Gasteiger partial charge in [-0.25, -0.2) is 0 Å². The number of amides is 1. The van der Waals surface area contributed by atoms with Crippen LogP contribution in [0, 0.1) is 0 Å². The van der Waals surface area contributed by atoms with E-state index in [1.807, 2.05) is 0 Å². The van der Waals surface area contributed by atoms with Crippen LogP contribution in [0.25, 0.3) is 0 Å². The van der Waals surface area contributed by atoms with E-state index in [0.717, 1.165) is 0 Å². The van der Waals surface area contributed by atoms with Gasteiger partial charge in [-0.3, -0.25) is 9.59 Å². The molecule has 0 fully saturated rings. The Hall–Kier alpha value is -2.82. The molecule has 0 aliphatic carbocycles. The van der Waals surface area contributed by atoms with Gasteiger partial charge in [0.15, 0.2) is 0 Å². The number of nitrogens with one attached hydrogen (secondary N) is 1. The fourth-order valence-electron chi connectivity index (χ4n) is 1.76. The summed E-state index contributed by atoms with van der Waals surface area (Å²) >= 11 is 0. The summed E-state index contributed by atoms with van der Waals surface area (Å²) in [4.78, 5) is 23.3. The first-order chi connectivity index (χ1) is 10.6. The van der Waals surface area contributed by atoms with Crippen LogP contribution in [0.4, 0.5) is 5.69 Å². The fourth-order valence-corrected chi connectivity index (χ4v) is 1.76. The van der Waals surface area contributed by atoms with E-state index in [0.29, 0.717) is 29.2 Å². The summed E-state index contributed by atoms with van der Waals surface area (Å²) < 4.78 is 10.1. The lowest BCUT2D eigenvalue weighted by molar-refractivity contribution is -0.134. The molecule has 22 heavy (non-hydrogen) atoms. The number of methoxy groups -OCH3 is 1. The minimum absolute atomic E-state index is 0.221. The van der Waals surface area contributed by atoms with Crippen LogP contribution in [0.1, 0.15) is 23.7 Å². The zero-order valence-corrected chi connectivity index (χ0v) is 12.5. The molecule has 0 aromatic heterocycles. The monoisotopic (exact) mass is 299 g/mol. The molecule has 0 radical (unpaired) electrons. The van der Waals surface area contributed by atoms with Gasteiger partial charge in [-0.05, 0) is 48.5 Å². The van der Waals surface area contributed by atoms with Crippen molar-refractivity contribution in [2.24, 2.45) is 0 Å². The highest BCUT2D eigenvalue weighted by Gasteiger charge is 2.07. The van der Waals surface area contributed by atoms with Crippen LogP contribution >= 0.6 is 0 Å². The second-order valence-electron chi connectivity index (χ2n) is 4.53. The Bertz CT molecular complexity index is 647. The summed E-state index contributed by atoms with van der Waals surface area (Å²) in [6.45, 7) is 1.73. The SMILES string of the molecule is CCC(=O)Oc1ccc(NC(=O)c2ccc(OC)cc2)cc1. The molecule has 0 heterocycles. The third-order valence-corrected chi connectivity index (χ3v) is 2.98. The van der Waals surface area contributed by atoms with Gasteiger partial charge < -0.3 is 14.8 Å². The van der Waals surface area contributed by atoms with Gasteiger partial charge in [0.25, 0.3) is 5.91 Å². The Morgan fingerprint density at radius 1 is 0.955 bits per heavy atom. The van der Waals surface area contributed by atoms with E-state index in [-0.39, 0.29) is 11.9 Å². The predicted molar refractivity (Wildman–Crippen MR) is 83.3 cm³/mol. The molecule has 114 valence electrons. The van der Waals surface area contributed by atoms with Gasteiger partial charge in [0.1, 0.15) is 11.5 Å². The number of carbonyl (C=O) groups is 2. The van der Waals surface area contributed by atoms with Crippen molar-refractivity contribution in [1.29, 1.82) is 0 Å². The largest absolute Gasteiger partial charge is 0.497 e. The normalized spacial score (nSPS) is 9.91. The molecule has 5 nitrogen and oxygen atoms in total. The lowest BCUT2D eigenvalue weighted by Crippen LogP contribution is -2.11. The van der Waals surface area contributed by atoms with Crippen molar-refractivity contribution in [3.63, 3.8) is 0 Å². The highest BCUT2D eigenvalue weighted by Crippen LogP contribution is 2.18. The minimum Gasteiger partial charge on any atom is -0.497 e. The van der Waals surface area contributed by atoms with Gasteiger partial charge in [-0.2, -0.15) is 0 Å². The molecule has 0 saturated carbocycles. The molecule has 0 spiro atoms. The van der Waals surface area contributed by atoms with Crippen molar-refractivity contribution in [2.75, 3.05) is 12.4 Å². The predicted octanol–water partition coefficient (Wildman–Crippen LogP) is 3.26. The molecule has 1 amide bonds. The van der Waals surface area contributed by atoms with E-state index in [2.05, 4.69) is 5.32 Å². The Morgan fingerprint density at radius 3 is 2.09 bits per heavy atom. The number of carbonyl (C=O) groups excluding carboxylic acids is 2. The number of ether oxygens (including phenoxy) is 2. The molecule has 5 heteroatoms. The summed E-state index contributed by atoms with van der Waals surface area (Å²) in [5.74, 6) is 0.629. The maximum absolute atomic E-state index is 12.1. The molecular formula is C17H17NO4. The van der Waals surface area contributed by atoms with Crippen LogP contribution in [0.5, 0.6) is 11.5 Å². The fraction of sp³-hybridized carbons (Fsp3) is 0.176.